The molecule has 0 radical (unpaired) electrons. The van der Waals surface area contributed by atoms with E-state index in [-0.39, 0.29) is 17.9 Å². The van der Waals surface area contributed by atoms with E-state index in [9.17, 15) is 9.59 Å². The van der Waals surface area contributed by atoms with E-state index < -0.39 is 11.5 Å². The van der Waals surface area contributed by atoms with Crippen LogP contribution in [0.2, 0.25) is 5.02 Å². The van der Waals surface area contributed by atoms with Crippen LogP contribution in [0.1, 0.15) is 30.4 Å². The Hall–Kier alpha value is -2.37. The minimum absolute atomic E-state index is 0.0148. The lowest BCUT2D eigenvalue weighted by Gasteiger charge is -2.37. The summed E-state index contributed by atoms with van der Waals surface area (Å²) in [7, 11) is 1.82. The molecular weight excluding hydrogens is 386 g/mol. The van der Waals surface area contributed by atoms with E-state index in [4.69, 9.17) is 11.6 Å². The summed E-state index contributed by atoms with van der Waals surface area (Å²) in [5, 5.41) is 3.70. The number of carbonyl (C=O) groups excluding carboxylic acids is 2. The first kappa shape index (κ1) is 18.6. The Morgan fingerprint density at radius 2 is 1.97 bits per heavy atom. The van der Waals surface area contributed by atoms with Gasteiger partial charge in [0.1, 0.15) is 5.54 Å². The molecule has 6 heteroatoms. The molecule has 29 heavy (non-hydrogen) atoms. The Morgan fingerprint density at radius 1 is 1.21 bits per heavy atom. The highest BCUT2D eigenvalue weighted by Gasteiger charge is 2.66. The Labute approximate surface area is 175 Å². The Balaban J connectivity index is 1.52. The number of hydrogen-bond acceptors (Lipinski definition) is 3. The Kier molecular flexibility index (Phi) is 4.41. The summed E-state index contributed by atoms with van der Waals surface area (Å²) in [5.74, 6) is -0.465. The topological polar surface area (TPSA) is 52.7 Å². The second kappa shape index (κ2) is 6.85. The second-order valence-electron chi connectivity index (χ2n) is 8.23. The fourth-order valence-electron chi connectivity index (χ4n) is 5.61. The first-order valence-electron chi connectivity index (χ1n) is 10.2. The van der Waals surface area contributed by atoms with Crippen LogP contribution in [0.3, 0.4) is 0 Å². The summed E-state index contributed by atoms with van der Waals surface area (Å²) >= 11 is 6.25. The summed E-state index contributed by atoms with van der Waals surface area (Å²) < 4.78 is 0. The number of halogens is 1. The fourth-order valence-corrected chi connectivity index (χ4v) is 5.82. The highest BCUT2D eigenvalue weighted by Crippen LogP contribution is 2.56. The molecule has 5 nitrogen and oxygen atoms in total. The van der Waals surface area contributed by atoms with Crippen molar-refractivity contribution in [1.82, 2.24) is 10.2 Å². The van der Waals surface area contributed by atoms with Gasteiger partial charge in [-0.3, -0.25) is 14.5 Å². The molecule has 1 spiro atoms. The quantitative estimate of drug-likeness (QED) is 0.846. The molecule has 2 aromatic rings. The van der Waals surface area contributed by atoms with Crippen molar-refractivity contribution in [3.63, 3.8) is 0 Å². The number of anilines is 1. The number of carbonyl (C=O) groups is 2. The largest absolute Gasteiger partial charge is 0.352 e. The number of para-hydroxylation sites is 1. The van der Waals surface area contributed by atoms with Gasteiger partial charge < -0.3 is 10.2 Å². The standard InChI is InChI=1S/C23H24ClN3O2/c1-26-20-11-5-3-9-17(20)23(22(26)29)18(13-16-8-6-12-27(16)23)21(28)25-14-15-7-2-4-10-19(15)24/h2-5,7,9-11,16,18H,6,8,12-14H2,1H3,(H,25,28). The number of likely N-dealkylation sites (N-methyl/N-ethyl adjacent to an activating group) is 1. The predicted molar refractivity (Wildman–Crippen MR) is 113 cm³/mol. The molecule has 3 atom stereocenters. The van der Waals surface area contributed by atoms with Gasteiger partial charge >= 0.3 is 0 Å². The third-order valence-electron chi connectivity index (χ3n) is 6.88. The van der Waals surface area contributed by atoms with Gasteiger partial charge in [0.2, 0.25) is 5.91 Å². The average molecular weight is 410 g/mol. The molecule has 3 aliphatic heterocycles. The van der Waals surface area contributed by atoms with Gasteiger partial charge in [-0.1, -0.05) is 48.0 Å². The molecule has 2 fully saturated rings. The maximum absolute atomic E-state index is 13.7. The maximum Gasteiger partial charge on any atom is 0.252 e. The van der Waals surface area contributed by atoms with Crippen LogP contribution >= 0.6 is 11.6 Å². The van der Waals surface area contributed by atoms with Crippen molar-refractivity contribution in [1.29, 1.82) is 0 Å². The van der Waals surface area contributed by atoms with E-state index >= 15 is 0 Å². The molecule has 2 saturated heterocycles. The van der Waals surface area contributed by atoms with E-state index in [1.807, 2.05) is 55.6 Å². The van der Waals surface area contributed by atoms with Crippen LogP contribution in [0.25, 0.3) is 0 Å². The summed E-state index contributed by atoms with van der Waals surface area (Å²) in [6.45, 7) is 1.22. The first-order chi connectivity index (χ1) is 14.0. The van der Waals surface area contributed by atoms with Crippen molar-refractivity contribution in [3.8, 4) is 0 Å². The van der Waals surface area contributed by atoms with E-state index in [2.05, 4.69) is 10.2 Å². The van der Waals surface area contributed by atoms with Gasteiger partial charge in [-0.25, -0.2) is 0 Å². The molecule has 0 saturated carbocycles. The van der Waals surface area contributed by atoms with Gasteiger partial charge in [0.15, 0.2) is 0 Å². The molecule has 3 unspecified atom stereocenters. The third kappa shape index (κ3) is 2.57. The highest BCUT2D eigenvalue weighted by molar-refractivity contribution is 6.31. The minimum atomic E-state index is -0.892. The summed E-state index contributed by atoms with van der Waals surface area (Å²) in [6.07, 6.45) is 2.82. The molecule has 150 valence electrons. The van der Waals surface area contributed by atoms with Crippen molar-refractivity contribution in [2.75, 3.05) is 18.5 Å². The van der Waals surface area contributed by atoms with Crippen LogP contribution in [-0.4, -0.2) is 36.3 Å². The summed E-state index contributed by atoms with van der Waals surface area (Å²) in [4.78, 5) is 31.1. The molecule has 3 aliphatic rings. The minimum Gasteiger partial charge on any atom is -0.352 e. The van der Waals surface area contributed by atoms with Crippen molar-refractivity contribution in [2.45, 2.75) is 37.4 Å². The zero-order valence-corrected chi connectivity index (χ0v) is 17.2. The van der Waals surface area contributed by atoms with Gasteiger partial charge in [0.05, 0.1) is 5.92 Å². The zero-order valence-electron chi connectivity index (χ0n) is 16.4. The van der Waals surface area contributed by atoms with Gasteiger partial charge in [-0.2, -0.15) is 0 Å². The lowest BCUT2D eigenvalue weighted by atomic mass is 9.78. The molecule has 2 amide bonds. The van der Waals surface area contributed by atoms with Crippen LogP contribution < -0.4 is 10.2 Å². The van der Waals surface area contributed by atoms with Crippen LogP contribution in [0, 0.1) is 5.92 Å². The van der Waals surface area contributed by atoms with E-state index in [1.165, 1.54) is 0 Å². The normalized spacial score (nSPS) is 28.1. The third-order valence-corrected chi connectivity index (χ3v) is 7.25. The van der Waals surface area contributed by atoms with Crippen molar-refractivity contribution in [3.05, 3.63) is 64.7 Å². The van der Waals surface area contributed by atoms with E-state index in [0.717, 1.165) is 36.2 Å². The summed E-state index contributed by atoms with van der Waals surface area (Å²) in [5.41, 5.74) is 1.87. The van der Waals surface area contributed by atoms with Gasteiger partial charge in [-0.15, -0.1) is 0 Å². The molecular formula is C23H24ClN3O2. The van der Waals surface area contributed by atoms with Crippen molar-refractivity contribution >= 4 is 29.1 Å². The highest BCUT2D eigenvalue weighted by atomic mass is 35.5. The molecule has 0 aliphatic carbocycles. The van der Waals surface area contributed by atoms with Crippen molar-refractivity contribution in [2.24, 2.45) is 5.92 Å². The van der Waals surface area contributed by atoms with E-state index in [1.54, 1.807) is 4.90 Å². The molecule has 1 N–H and O–H groups in total. The Bertz CT molecular complexity index is 994. The number of rotatable bonds is 3. The molecule has 0 aromatic heterocycles. The van der Waals surface area contributed by atoms with Gasteiger partial charge in [0.25, 0.3) is 5.91 Å². The molecule has 2 aromatic carbocycles. The average Bonchev–Trinajstić information content (AvgIpc) is 3.37. The molecule has 0 bridgehead atoms. The lowest BCUT2D eigenvalue weighted by Crippen LogP contribution is -2.55. The summed E-state index contributed by atoms with van der Waals surface area (Å²) in [6, 6.07) is 15.7. The van der Waals surface area contributed by atoms with Gasteiger partial charge in [0, 0.05) is 35.9 Å². The van der Waals surface area contributed by atoms with Gasteiger partial charge in [-0.05, 0) is 43.5 Å². The monoisotopic (exact) mass is 409 g/mol. The smallest absolute Gasteiger partial charge is 0.252 e. The number of nitrogens with zero attached hydrogens (tertiary/aromatic N) is 2. The number of benzene rings is 2. The van der Waals surface area contributed by atoms with Crippen LogP contribution in [0.4, 0.5) is 5.69 Å². The zero-order chi connectivity index (χ0) is 20.2. The SMILES string of the molecule is CN1C(=O)C2(c3ccccc31)C(C(=O)NCc1ccccc1Cl)CC1CCCN12. The number of nitrogens with one attached hydrogen (secondary N) is 1. The first-order valence-corrected chi connectivity index (χ1v) is 10.6. The van der Waals surface area contributed by atoms with E-state index in [0.29, 0.717) is 18.0 Å². The molecule has 5 rings (SSSR count). The van der Waals surface area contributed by atoms with Crippen LogP contribution in [-0.2, 0) is 21.7 Å². The van der Waals surface area contributed by atoms with Crippen LogP contribution in [0.5, 0.6) is 0 Å². The Morgan fingerprint density at radius 3 is 2.79 bits per heavy atom. The maximum atomic E-state index is 13.7. The number of amides is 2. The lowest BCUT2D eigenvalue weighted by molar-refractivity contribution is -0.138. The number of fused-ring (bicyclic) bond motifs is 4. The second-order valence-corrected chi connectivity index (χ2v) is 8.64. The predicted octanol–water partition coefficient (Wildman–Crippen LogP) is 3.31. The molecule has 3 heterocycles. The fraction of sp³-hybridized carbons (Fsp3) is 0.391. The van der Waals surface area contributed by atoms with Crippen molar-refractivity contribution < 1.29 is 9.59 Å². The number of hydrogen-bond donors (Lipinski definition) is 1. The van der Waals surface area contributed by atoms with Crippen LogP contribution in [0.15, 0.2) is 48.5 Å².